The van der Waals surface area contributed by atoms with E-state index >= 15 is 0 Å². The number of aromatic nitrogens is 4. The Morgan fingerprint density at radius 3 is 2.28 bits per heavy atom. The van der Waals surface area contributed by atoms with Crippen LogP contribution in [0.1, 0.15) is 32.2 Å². The van der Waals surface area contributed by atoms with Gasteiger partial charge in [0.1, 0.15) is 5.69 Å². The minimum absolute atomic E-state index is 0.0928. The molecule has 1 saturated heterocycles. The first-order valence-corrected chi connectivity index (χ1v) is 9.50. The molecule has 0 unspecified atom stereocenters. The van der Waals surface area contributed by atoms with Gasteiger partial charge in [0.2, 0.25) is 5.95 Å². The van der Waals surface area contributed by atoms with E-state index in [1.54, 1.807) is 11.0 Å². The molecule has 2 aromatic heterocycles. The minimum Gasteiger partial charge on any atom is -0.338 e. The summed E-state index contributed by atoms with van der Waals surface area (Å²) in [4.78, 5) is 23.6. The zero-order chi connectivity index (χ0) is 21.2. The number of hydrogen-bond donors (Lipinski definition) is 0. The SMILES string of the molecule is CC(C)(C)c1ccc(=O)n(CCN2CCN(c3nccc(C(F)(F)F)n3)CC2)n1. The number of hydrogen-bond acceptors (Lipinski definition) is 6. The summed E-state index contributed by atoms with van der Waals surface area (Å²) >= 11 is 0. The summed E-state index contributed by atoms with van der Waals surface area (Å²) in [6, 6.07) is 4.17. The molecule has 1 aliphatic rings. The van der Waals surface area contributed by atoms with Crippen LogP contribution in [0.2, 0.25) is 0 Å². The standard InChI is InChI=1S/C19H25F3N6O/c1-18(2,3)14-4-5-16(29)28(25-14)13-10-26-8-11-27(12-9-26)17-23-7-6-15(24-17)19(20,21)22/h4-7H,8-13H2,1-3H3. The van der Waals surface area contributed by atoms with Crippen molar-refractivity contribution in [1.29, 1.82) is 0 Å². The lowest BCUT2D eigenvalue weighted by atomic mass is 9.92. The van der Waals surface area contributed by atoms with Gasteiger partial charge in [-0.1, -0.05) is 20.8 Å². The van der Waals surface area contributed by atoms with Gasteiger partial charge in [-0.15, -0.1) is 0 Å². The van der Waals surface area contributed by atoms with E-state index in [9.17, 15) is 18.0 Å². The summed E-state index contributed by atoms with van der Waals surface area (Å²) in [6.45, 7) is 9.55. The Balaban J connectivity index is 1.58. The van der Waals surface area contributed by atoms with Crippen molar-refractivity contribution >= 4 is 5.95 Å². The van der Waals surface area contributed by atoms with E-state index in [-0.39, 0.29) is 16.9 Å². The van der Waals surface area contributed by atoms with Crippen molar-refractivity contribution in [2.24, 2.45) is 0 Å². The first kappa shape index (κ1) is 21.2. The molecular formula is C19H25F3N6O. The Labute approximate surface area is 167 Å². The molecule has 3 rings (SSSR count). The molecule has 158 valence electrons. The van der Waals surface area contributed by atoms with E-state index in [2.05, 4.69) is 20.0 Å². The molecular weight excluding hydrogens is 385 g/mol. The van der Waals surface area contributed by atoms with Crippen molar-refractivity contribution in [3.8, 4) is 0 Å². The summed E-state index contributed by atoms with van der Waals surface area (Å²) in [6.07, 6.45) is -3.35. The van der Waals surface area contributed by atoms with Gasteiger partial charge in [-0.3, -0.25) is 9.69 Å². The molecule has 1 fully saturated rings. The minimum atomic E-state index is -4.48. The van der Waals surface area contributed by atoms with Crippen LogP contribution in [-0.2, 0) is 18.1 Å². The van der Waals surface area contributed by atoms with Gasteiger partial charge in [-0.2, -0.15) is 18.3 Å². The largest absolute Gasteiger partial charge is 0.433 e. The summed E-state index contributed by atoms with van der Waals surface area (Å²) in [7, 11) is 0. The normalized spacial score (nSPS) is 16.3. The van der Waals surface area contributed by atoms with Gasteiger partial charge in [0, 0.05) is 50.4 Å². The number of nitrogens with zero attached hydrogens (tertiary/aromatic N) is 6. The predicted molar refractivity (Wildman–Crippen MR) is 103 cm³/mol. The third kappa shape index (κ3) is 5.31. The summed E-state index contributed by atoms with van der Waals surface area (Å²) in [5, 5.41) is 4.46. The van der Waals surface area contributed by atoms with E-state index in [0.29, 0.717) is 39.3 Å². The number of halogens is 3. The van der Waals surface area contributed by atoms with Gasteiger partial charge in [-0.25, -0.2) is 14.6 Å². The van der Waals surface area contributed by atoms with Crippen LogP contribution in [0, 0.1) is 0 Å². The second-order valence-corrected chi connectivity index (χ2v) is 8.10. The summed E-state index contributed by atoms with van der Waals surface area (Å²) < 4.78 is 40.0. The predicted octanol–water partition coefficient (Wildman–Crippen LogP) is 2.17. The van der Waals surface area contributed by atoms with E-state index in [1.807, 2.05) is 20.8 Å². The van der Waals surface area contributed by atoms with Crippen molar-refractivity contribution in [3.05, 3.63) is 46.1 Å². The Bertz CT molecular complexity index is 898. The molecule has 0 saturated carbocycles. The molecule has 0 radical (unpaired) electrons. The first-order valence-electron chi connectivity index (χ1n) is 9.50. The maximum atomic E-state index is 12.8. The number of anilines is 1. The van der Waals surface area contributed by atoms with E-state index in [0.717, 1.165) is 18.0 Å². The molecule has 0 aromatic carbocycles. The zero-order valence-electron chi connectivity index (χ0n) is 16.8. The molecule has 2 aromatic rings. The van der Waals surface area contributed by atoms with Gasteiger partial charge in [-0.05, 0) is 12.1 Å². The van der Waals surface area contributed by atoms with Crippen LogP contribution >= 0.6 is 0 Å². The molecule has 3 heterocycles. The van der Waals surface area contributed by atoms with Gasteiger partial charge >= 0.3 is 6.18 Å². The van der Waals surface area contributed by atoms with Crippen molar-refractivity contribution in [2.45, 2.75) is 38.9 Å². The third-order valence-electron chi connectivity index (χ3n) is 4.85. The first-order chi connectivity index (χ1) is 13.5. The van der Waals surface area contributed by atoms with Crippen molar-refractivity contribution in [1.82, 2.24) is 24.6 Å². The quantitative estimate of drug-likeness (QED) is 0.770. The molecule has 1 aliphatic heterocycles. The van der Waals surface area contributed by atoms with Crippen LogP contribution in [0.15, 0.2) is 29.2 Å². The molecule has 0 spiro atoms. The lowest BCUT2D eigenvalue weighted by Crippen LogP contribution is -2.48. The molecule has 29 heavy (non-hydrogen) atoms. The fourth-order valence-corrected chi connectivity index (χ4v) is 3.08. The van der Waals surface area contributed by atoms with Crippen LogP contribution in [0.3, 0.4) is 0 Å². The topological polar surface area (TPSA) is 67.2 Å². The molecule has 10 heteroatoms. The fourth-order valence-electron chi connectivity index (χ4n) is 3.08. The smallest absolute Gasteiger partial charge is 0.338 e. The van der Waals surface area contributed by atoms with Gasteiger partial charge < -0.3 is 4.90 Å². The molecule has 0 N–H and O–H groups in total. The number of piperazine rings is 1. The van der Waals surface area contributed by atoms with E-state index < -0.39 is 11.9 Å². The van der Waals surface area contributed by atoms with Crippen molar-refractivity contribution in [3.63, 3.8) is 0 Å². The second kappa shape index (κ2) is 8.10. The average Bonchev–Trinajstić information content (AvgIpc) is 2.66. The highest BCUT2D eigenvalue weighted by Crippen LogP contribution is 2.28. The van der Waals surface area contributed by atoms with Gasteiger partial charge in [0.25, 0.3) is 5.56 Å². The van der Waals surface area contributed by atoms with Crippen molar-refractivity contribution in [2.75, 3.05) is 37.6 Å². The highest BCUT2D eigenvalue weighted by molar-refractivity contribution is 5.31. The lowest BCUT2D eigenvalue weighted by Gasteiger charge is -2.34. The van der Waals surface area contributed by atoms with Crippen LogP contribution in [0.25, 0.3) is 0 Å². The molecule has 7 nitrogen and oxygen atoms in total. The summed E-state index contributed by atoms with van der Waals surface area (Å²) in [5.41, 5.74) is -0.377. The van der Waals surface area contributed by atoms with Gasteiger partial charge in [0.05, 0.1) is 12.2 Å². The van der Waals surface area contributed by atoms with E-state index in [4.69, 9.17) is 0 Å². The average molecular weight is 410 g/mol. The molecule has 0 atom stereocenters. The van der Waals surface area contributed by atoms with E-state index in [1.165, 1.54) is 10.7 Å². The van der Waals surface area contributed by atoms with Crippen LogP contribution in [0.5, 0.6) is 0 Å². The van der Waals surface area contributed by atoms with Crippen LogP contribution < -0.4 is 10.5 Å². The molecule has 0 aliphatic carbocycles. The maximum Gasteiger partial charge on any atom is 0.433 e. The molecule has 0 bridgehead atoms. The lowest BCUT2D eigenvalue weighted by molar-refractivity contribution is -0.141. The Morgan fingerprint density at radius 2 is 1.66 bits per heavy atom. The van der Waals surface area contributed by atoms with Crippen LogP contribution in [-0.4, -0.2) is 57.4 Å². The third-order valence-corrected chi connectivity index (χ3v) is 4.85. The summed E-state index contributed by atoms with van der Waals surface area (Å²) in [5.74, 6) is 0.0928. The Kier molecular flexibility index (Phi) is 5.92. The van der Waals surface area contributed by atoms with Gasteiger partial charge in [0.15, 0.2) is 0 Å². The number of rotatable bonds is 4. The highest BCUT2D eigenvalue weighted by atomic mass is 19.4. The van der Waals surface area contributed by atoms with Crippen LogP contribution in [0.4, 0.5) is 19.1 Å². The Morgan fingerprint density at radius 1 is 0.966 bits per heavy atom. The van der Waals surface area contributed by atoms with Crippen molar-refractivity contribution < 1.29 is 13.2 Å². The monoisotopic (exact) mass is 410 g/mol. The Hall–Kier alpha value is -2.49. The highest BCUT2D eigenvalue weighted by Gasteiger charge is 2.33. The second-order valence-electron chi connectivity index (χ2n) is 8.10. The fraction of sp³-hybridized carbons (Fsp3) is 0.579. The number of alkyl halides is 3. The maximum absolute atomic E-state index is 12.8. The zero-order valence-corrected chi connectivity index (χ0v) is 16.8. The molecule has 0 amide bonds.